The summed E-state index contributed by atoms with van der Waals surface area (Å²) in [5, 5.41) is 7.10. The second kappa shape index (κ2) is 7.47. The number of amides is 1. The van der Waals surface area contributed by atoms with E-state index in [2.05, 4.69) is 22.4 Å². The molecule has 0 N–H and O–H groups in total. The number of aromatic nitrogens is 1. The van der Waals surface area contributed by atoms with Crippen molar-refractivity contribution in [2.75, 3.05) is 26.2 Å². The van der Waals surface area contributed by atoms with Gasteiger partial charge in [0.2, 0.25) is 0 Å². The first kappa shape index (κ1) is 16.4. The van der Waals surface area contributed by atoms with E-state index in [1.54, 1.807) is 22.7 Å². The van der Waals surface area contributed by atoms with Crippen molar-refractivity contribution in [1.82, 2.24) is 14.8 Å². The predicted molar refractivity (Wildman–Crippen MR) is 103 cm³/mol. The number of thiazole rings is 1. The van der Waals surface area contributed by atoms with Crippen LogP contribution in [-0.4, -0.2) is 46.9 Å². The first-order chi connectivity index (χ1) is 12.3. The molecule has 0 spiro atoms. The van der Waals surface area contributed by atoms with E-state index in [0.717, 1.165) is 49.0 Å². The molecule has 0 aliphatic carbocycles. The molecule has 1 amide bonds. The lowest BCUT2D eigenvalue weighted by atomic mass is 10.2. The van der Waals surface area contributed by atoms with Gasteiger partial charge in [-0.05, 0) is 11.4 Å². The number of benzene rings is 1. The summed E-state index contributed by atoms with van der Waals surface area (Å²) in [6.45, 7) is 4.21. The summed E-state index contributed by atoms with van der Waals surface area (Å²) in [6.07, 6.45) is 0. The Balaban J connectivity index is 1.33. The fourth-order valence-corrected chi connectivity index (χ4v) is 4.45. The molecule has 2 aromatic heterocycles. The lowest BCUT2D eigenvalue weighted by molar-refractivity contribution is 0.0628. The Labute approximate surface area is 155 Å². The van der Waals surface area contributed by atoms with Crippen molar-refractivity contribution in [1.29, 1.82) is 0 Å². The van der Waals surface area contributed by atoms with Crippen LogP contribution in [-0.2, 0) is 6.54 Å². The third kappa shape index (κ3) is 3.81. The van der Waals surface area contributed by atoms with Gasteiger partial charge in [0.25, 0.3) is 5.91 Å². The number of hydrogen-bond acceptors (Lipinski definition) is 5. The summed E-state index contributed by atoms with van der Waals surface area (Å²) in [5.74, 6) is 0.154. The molecular formula is C19H19N3OS2. The van der Waals surface area contributed by atoms with Crippen molar-refractivity contribution >= 4 is 28.6 Å². The van der Waals surface area contributed by atoms with E-state index in [0.29, 0.717) is 0 Å². The lowest BCUT2D eigenvalue weighted by Gasteiger charge is -2.34. The van der Waals surface area contributed by atoms with Gasteiger partial charge in [-0.2, -0.15) is 11.3 Å². The van der Waals surface area contributed by atoms with E-state index in [1.165, 1.54) is 5.56 Å². The lowest BCUT2D eigenvalue weighted by Crippen LogP contribution is -2.48. The van der Waals surface area contributed by atoms with Gasteiger partial charge in [0.05, 0.1) is 11.3 Å². The molecule has 1 fully saturated rings. The molecule has 1 aliphatic heterocycles. The van der Waals surface area contributed by atoms with E-state index < -0.39 is 0 Å². The Morgan fingerprint density at radius 1 is 1.04 bits per heavy atom. The minimum atomic E-state index is 0.154. The van der Waals surface area contributed by atoms with Gasteiger partial charge < -0.3 is 4.90 Å². The van der Waals surface area contributed by atoms with E-state index in [4.69, 9.17) is 4.98 Å². The summed E-state index contributed by atoms with van der Waals surface area (Å²) >= 11 is 3.26. The third-order valence-electron chi connectivity index (χ3n) is 4.39. The Hall–Kier alpha value is -2.02. The zero-order valence-electron chi connectivity index (χ0n) is 13.8. The van der Waals surface area contributed by atoms with Gasteiger partial charge in [0.1, 0.15) is 5.01 Å². The van der Waals surface area contributed by atoms with Crippen molar-refractivity contribution in [3.63, 3.8) is 0 Å². The average molecular weight is 370 g/mol. The maximum absolute atomic E-state index is 12.4. The minimum Gasteiger partial charge on any atom is -0.336 e. The highest BCUT2D eigenvalue weighted by atomic mass is 32.1. The van der Waals surface area contributed by atoms with Crippen LogP contribution in [0.1, 0.15) is 16.1 Å². The smallest absolute Gasteiger partial charge is 0.254 e. The standard InChI is InChI=1S/C19H19N3OS2/c23-19(16-6-11-24-13-16)22-9-7-21(8-10-22)12-17-14-25-18(20-17)15-4-2-1-3-5-15/h1-6,11,13-14H,7-10,12H2. The molecule has 6 heteroatoms. The van der Waals surface area contributed by atoms with Crippen LogP contribution in [0.4, 0.5) is 0 Å². The van der Waals surface area contributed by atoms with Crippen molar-refractivity contribution in [3.05, 3.63) is 63.8 Å². The topological polar surface area (TPSA) is 36.4 Å². The van der Waals surface area contributed by atoms with Crippen LogP contribution in [0.15, 0.2) is 52.5 Å². The Morgan fingerprint density at radius 2 is 1.84 bits per heavy atom. The molecule has 0 saturated carbocycles. The van der Waals surface area contributed by atoms with Crippen LogP contribution in [0.3, 0.4) is 0 Å². The molecule has 0 bridgehead atoms. The zero-order chi connectivity index (χ0) is 17.1. The van der Waals surface area contributed by atoms with Crippen molar-refractivity contribution in [2.45, 2.75) is 6.54 Å². The molecule has 3 heterocycles. The van der Waals surface area contributed by atoms with Crippen LogP contribution < -0.4 is 0 Å². The quantitative estimate of drug-likeness (QED) is 0.701. The zero-order valence-corrected chi connectivity index (χ0v) is 15.4. The van der Waals surface area contributed by atoms with Crippen molar-refractivity contribution < 1.29 is 4.79 Å². The van der Waals surface area contributed by atoms with Crippen molar-refractivity contribution in [2.24, 2.45) is 0 Å². The normalized spacial score (nSPS) is 15.4. The number of carbonyl (C=O) groups excluding carboxylic acids is 1. The maximum atomic E-state index is 12.4. The van der Waals surface area contributed by atoms with E-state index in [9.17, 15) is 4.79 Å². The summed E-state index contributed by atoms with van der Waals surface area (Å²) in [6, 6.07) is 12.2. The molecular weight excluding hydrogens is 350 g/mol. The van der Waals surface area contributed by atoms with Crippen molar-refractivity contribution in [3.8, 4) is 10.6 Å². The number of rotatable bonds is 4. The first-order valence-corrected chi connectivity index (χ1v) is 10.2. The molecule has 0 unspecified atom stereocenters. The maximum Gasteiger partial charge on any atom is 0.254 e. The predicted octanol–water partition coefficient (Wildman–Crippen LogP) is 3.83. The average Bonchev–Trinajstić information content (AvgIpc) is 3.35. The number of hydrogen-bond donors (Lipinski definition) is 0. The molecule has 128 valence electrons. The van der Waals surface area contributed by atoms with Crippen LogP contribution >= 0.6 is 22.7 Å². The van der Waals surface area contributed by atoms with Crippen LogP contribution in [0.2, 0.25) is 0 Å². The summed E-state index contributed by atoms with van der Waals surface area (Å²) in [5.41, 5.74) is 3.09. The van der Waals surface area contributed by atoms with Gasteiger partial charge in [-0.1, -0.05) is 30.3 Å². The first-order valence-electron chi connectivity index (χ1n) is 8.33. The van der Waals surface area contributed by atoms with Gasteiger partial charge in [-0.15, -0.1) is 11.3 Å². The summed E-state index contributed by atoms with van der Waals surface area (Å²) < 4.78 is 0. The molecule has 4 rings (SSSR count). The summed E-state index contributed by atoms with van der Waals surface area (Å²) in [7, 11) is 0. The molecule has 0 atom stereocenters. The number of thiophene rings is 1. The molecule has 0 radical (unpaired) electrons. The molecule has 1 saturated heterocycles. The molecule has 3 aromatic rings. The van der Waals surface area contributed by atoms with E-state index in [-0.39, 0.29) is 5.91 Å². The molecule has 1 aromatic carbocycles. The molecule has 25 heavy (non-hydrogen) atoms. The van der Waals surface area contributed by atoms with Crippen LogP contribution in [0.5, 0.6) is 0 Å². The fraction of sp³-hybridized carbons (Fsp3) is 0.263. The third-order valence-corrected chi connectivity index (χ3v) is 6.01. The van der Waals surface area contributed by atoms with Gasteiger partial charge in [0, 0.05) is 49.0 Å². The van der Waals surface area contributed by atoms with Crippen LogP contribution in [0.25, 0.3) is 10.6 Å². The van der Waals surface area contributed by atoms with E-state index in [1.807, 2.05) is 39.9 Å². The Bertz CT molecular complexity index is 821. The van der Waals surface area contributed by atoms with Gasteiger partial charge in [0.15, 0.2) is 0 Å². The molecule has 1 aliphatic rings. The Morgan fingerprint density at radius 3 is 2.56 bits per heavy atom. The fourth-order valence-electron chi connectivity index (χ4n) is 3.00. The van der Waals surface area contributed by atoms with Gasteiger partial charge >= 0.3 is 0 Å². The van der Waals surface area contributed by atoms with Gasteiger partial charge in [-0.3, -0.25) is 9.69 Å². The number of carbonyl (C=O) groups is 1. The molecule has 4 nitrogen and oxygen atoms in total. The number of piperazine rings is 1. The highest BCUT2D eigenvalue weighted by molar-refractivity contribution is 7.13. The second-order valence-electron chi connectivity index (χ2n) is 6.09. The van der Waals surface area contributed by atoms with Gasteiger partial charge in [-0.25, -0.2) is 4.98 Å². The summed E-state index contributed by atoms with van der Waals surface area (Å²) in [4.78, 5) is 21.5. The van der Waals surface area contributed by atoms with Crippen LogP contribution in [0, 0.1) is 0 Å². The highest BCUT2D eigenvalue weighted by Crippen LogP contribution is 2.24. The number of nitrogens with zero attached hydrogens (tertiary/aromatic N) is 3. The van der Waals surface area contributed by atoms with E-state index >= 15 is 0 Å². The second-order valence-corrected chi connectivity index (χ2v) is 7.73. The SMILES string of the molecule is O=C(c1ccsc1)N1CCN(Cc2csc(-c3ccccc3)n2)CC1. The largest absolute Gasteiger partial charge is 0.336 e. The minimum absolute atomic E-state index is 0.154. The Kier molecular flexibility index (Phi) is 4.92. The highest BCUT2D eigenvalue weighted by Gasteiger charge is 2.22. The monoisotopic (exact) mass is 369 g/mol.